The molecule has 0 aliphatic carbocycles. The second-order valence-electron chi connectivity index (χ2n) is 6.63. The van der Waals surface area contributed by atoms with Crippen LogP contribution in [0.15, 0.2) is 41.7 Å². The third-order valence-corrected chi connectivity index (χ3v) is 3.86. The fraction of sp³-hybridized carbons (Fsp3) is 0.333. The summed E-state index contributed by atoms with van der Waals surface area (Å²) in [6.45, 7) is 4.77. The van der Waals surface area contributed by atoms with Crippen LogP contribution in [-0.4, -0.2) is 45.9 Å². The van der Waals surface area contributed by atoms with Crippen molar-refractivity contribution in [1.29, 1.82) is 0 Å². The van der Waals surface area contributed by atoms with Gasteiger partial charge in [0.25, 0.3) is 5.91 Å². The number of hydrogen-bond donors (Lipinski definition) is 2. The van der Waals surface area contributed by atoms with Crippen LogP contribution in [0.2, 0.25) is 0 Å². The van der Waals surface area contributed by atoms with Crippen molar-refractivity contribution in [1.82, 2.24) is 20.2 Å². The lowest BCUT2D eigenvalue weighted by Gasteiger charge is -2.20. The topological polar surface area (TPSA) is 102 Å². The van der Waals surface area contributed by atoms with Crippen LogP contribution < -0.4 is 10.6 Å². The number of nitrogens with zero attached hydrogens (tertiary/aromatic N) is 2. The van der Waals surface area contributed by atoms with Gasteiger partial charge in [-0.2, -0.15) is 0 Å². The van der Waals surface area contributed by atoms with E-state index in [1.165, 1.54) is 18.0 Å². The van der Waals surface area contributed by atoms with Crippen molar-refractivity contribution >= 4 is 29.7 Å². The fourth-order valence-electron chi connectivity index (χ4n) is 2.19. The molecule has 27 heavy (non-hydrogen) atoms. The molecule has 9 heteroatoms. The van der Waals surface area contributed by atoms with Gasteiger partial charge in [0.05, 0.1) is 6.20 Å². The molecule has 0 aliphatic heterocycles. The van der Waals surface area contributed by atoms with Crippen LogP contribution in [0.5, 0.6) is 0 Å². The first kappa shape index (κ1) is 20.5. The zero-order valence-electron chi connectivity index (χ0n) is 15.6. The summed E-state index contributed by atoms with van der Waals surface area (Å²) < 4.78 is 6.69. The molecule has 2 rings (SSSR count). The Hall–Kier alpha value is -2.81. The number of urea groups is 1. The molecular formula is C18H22N4O4S. The Morgan fingerprint density at radius 3 is 2.44 bits per heavy atom. The van der Waals surface area contributed by atoms with E-state index in [2.05, 4.69) is 15.6 Å². The second-order valence-corrected chi connectivity index (χ2v) is 7.40. The van der Waals surface area contributed by atoms with Crippen LogP contribution in [0.3, 0.4) is 0 Å². The number of thioether (sulfide) groups is 1. The number of aromatic nitrogens is 2. The van der Waals surface area contributed by atoms with Crippen LogP contribution in [0, 0.1) is 0 Å². The molecule has 0 radical (unpaired) electrons. The van der Waals surface area contributed by atoms with E-state index >= 15 is 0 Å². The lowest BCUT2D eigenvalue weighted by molar-refractivity contribution is -0.123. The highest BCUT2D eigenvalue weighted by molar-refractivity contribution is 7.98. The SMILES string of the molecule is CSc1ncc(C(=O)OCC(=O)NC(=O)NC(C)(C)C)n1-c1ccccc1. The molecule has 1 heterocycles. The van der Waals surface area contributed by atoms with Crippen LogP contribution in [0.25, 0.3) is 5.69 Å². The Kier molecular flexibility index (Phi) is 6.62. The molecule has 2 aromatic rings. The summed E-state index contributed by atoms with van der Waals surface area (Å²) in [4.78, 5) is 40.1. The standard InChI is InChI=1S/C18H22N4O4S/c1-18(2,3)21-16(25)20-14(23)11-26-15(24)13-10-19-17(27-4)22(13)12-8-6-5-7-9-12/h5-10H,11H2,1-4H3,(H2,20,21,23,25). The van der Waals surface area contributed by atoms with Gasteiger partial charge in [0.2, 0.25) is 0 Å². The van der Waals surface area contributed by atoms with Gasteiger partial charge < -0.3 is 10.1 Å². The first-order valence-electron chi connectivity index (χ1n) is 8.17. The van der Waals surface area contributed by atoms with Gasteiger partial charge in [-0.25, -0.2) is 14.6 Å². The third kappa shape index (κ3) is 5.85. The lowest BCUT2D eigenvalue weighted by Crippen LogP contribution is -2.49. The number of ether oxygens (including phenoxy) is 1. The summed E-state index contributed by atoms with van der Waals surface area (Å²) in [5.74, 6) is -1.43. The second kappa shape index (κ2) is 8.72. The smallest absolute Gasteiger partial charge is 0.357 e. The van der Waals surface area contributed by atoms with E-state index in [-0.39, 0.29) is 5.69 Å². The van der Waals surface area contributed by atoms with E-state index in [0.717, 1.165) is 5.69 Å². The van der Waals surface area contributed by atoms with Gasteiger partial charge in [0.1, 0.15) is 0 Å². The largest absolute Gasteiger partial charge is 0.451 e. The number of para-hydroxylation sites is 1. The molecule has 0 spiro atoms. The van der Waals surface area contributed by atoms with Crippen molar-refractivity contribution < 1.29 is 19.1 Å². The number of amides is 3. The molecule has 1 aromatic heterocycles. The fourth-order valence-corrected chi connectivity index (χ4v) is 2.73. The predicted molar refractivity (Wildman–Crippen MR) is 102 cm³/mol. The Morgan fingerprint density at radius 1 is 1.19 bits per heavy atom. The quantitative estimate of drug-likeness (QED) is 0.600. The van der Waals surface area contributed by atoms with E-state index in [0.29, 0.717) is 5.16 Å². The minimum Gasteiger partial charge on any atom is -0.451 e. The minimum absolute atomic E-state index is 0.192. The summed E-state index contributed by atoms with van der Waals surface area (Å²) in [6.07, 6.45) is 3.24. The number of esters is 1. The molecule has 0 saturated carbocycles. The molecule has 8 nitrogen and oxygen atoms in total. The van der Waals surface area contributed by atoms with E-state index in [9.17, 15) is 14.4 Å². The van der Waals surface area contributed by atoms with Gasteiger partial charge in [-0.1, -0.05) is 30.0 Å². The molecule has 0 fully saturated rings. The number of imide groups is 1. The zero-order valence-corrected chi connectivity index (χ0v) is 16.4. The van der Waals surface area contributed by atoms with Gasteiger partial charge in [0, 0.05) is 11.2 Å². The average molecular weight is 390 g/mol. The molecule has 0 saturated heterocycles. The Bertz CT molecular complexity index is 828. The maximum atomic E-state index is 12.4. The molecule has 0 atom stereocenters. The number of hydrogen-bond acceptors (Lipinski definition) is 6. The summed E-state index contributed by atoms with van der Waals surface area (Å²) in [6, 6.07) is 8.57. The third-order valence-electron chi connectivity index (χ3n) is 3.21. The molecular weight excluding hydrogens is 368 g/mol. The van der Waals surface area contributed by atoms with Gasteiger partial charge in [0.15, 0.2) is 17.5 Å². The van der Waals surface area contributed by atoms with Crippen LogP contribution >= 0.6 is 11.8 Å². The van der Waals surface area contributed by atoms with Gasteiger partial charge in [-0.05, 0) is 39.2 Å². The van der Waals surface area contributed by atoms with Gasteiger partial charge in [-0.3, -0.25) is 14.7 Å². The molecule has 2 N–H and O–H groups in total. The van der Waals surface area contributed by atoms with E-state index in [1.807, 2.05) is 36.6 Å². The minimum atomic E-state index is -0.721. The first-order chi connectivity index (χ1) is 12.7. The number of benzene rings is 1. The van der Waals surface area contributed by atoms with Crippen LogP contribution in [-0.2, 0) is 9.53 Å². The van der Waals surface area contributed by atoms with Gasteiger partial charge >= 0.3 is 12.0 Å². The highest BCUT2D eigenvalue weighted by Crippen LogP contribution is 2.22. The summed E-state index contributed by atoms with van der Waals surface area (Å²) in [5.41, 5.74) is 0.454. The van der Waals surface area contributed by atoms with Gasteiger partial charge in [-0.15, -0.1) is 0 Å². The van der Waals surface area contributed by atoms with Crippen molar-refractivity contribution in [3.05, 3.63) is 42.2 Å². The molecule has 3 amide bonds. The van der Waals surface area contributed by atoms with Crippen LogP contribution in [0.4, 0.5) is 4.79 Å². The highest BCUT2D eigenvalue weighted by Gasteiger charge is 2.21. The first-order valence-corrected chi connectivity index (χ1v) is 9.40. The molecule has 0 unspecified atom stereocenters. The normalized spacial score (nSPS) is 11.0. The van der Waals surface area contributed by atoms with Crippen molar-refractivity contribution in [3.8, 4) is 5.69 Å². The number of imidazole rings is 1. The van der Waals surface area contributed by atoms with E-state index < -0.39 is 30.1 Å². The highest BCUT2D eigenvalue weighted by atomic mass is 32.2. The van der Waals surface area contributed by atoms with Crippen molar-refractivity contribution in [3.63, 3.8) is 0 Å². The summed E-state index contributed by atoms with van der Waals surface area (Å²) in [7, 11) is 0. The lowest BCUT2D eigenvalue weighted by atomic mass is 10.1. The Morgan fingerprint density at radius 2 is 1.85 bits per heavy atom. The monoisotopic (exact) mass is 390 g/mol. The summed E-state index contributed by atoms with van der Waals surface area (Å²) in [5, 5.41) is 5.31. The van der Waals surface area contributed by atoms with Crippen molar-refractivity contribution in [2.24, 2.45) is 0 Å². The average Bonchev–Trinajstić information content (AvgIpc) is 3.02. The number of rotatable bonds is 5. The van der Waals surface area contributed by atoms with E-state index in [4.69, 9.17) is 4.74 Å². The Balaban J connectivity index is 2.04. The molecule has 144 valence electrons. The molecule has 0 aliphatic rings. The maximum absolute atomic E-state index is 12.4. The number of carbonyl (C=O) groups is 3. The zero-order chi connectivity index (χ0) is 20.0. The van der Waals surface area contributed by atoms with Crippen molar-refractivity contribution in [2.75, 3.05) is 12.9 Å². The molecule has 1 aromatic carbocycles. The van der Waals surface area contributed by atoms with Crippen LogP contribution in [0.1, 0.15) is 31.3 Å². The van der Waals surface area contributed by atoms with E-state index in [1.54, 1.807) is 25.3 Å². The summed E-state index contributed by atoms with van der Waals surface area (Å²) >= 11 is 1.38. The number of carbonyl (C=O) groups excluding carboxylic acids is 3. The predicted octanol–water partition coefficient (Wildman–Crippen LogP) is 2.38. The number of nitrogens with one attached hydrogen (secondary N) is 2. The van der Waals surface area contributed by atoms with Crippen molar-refractivity contribution in [2.45, 2.75) is 31.5 Å². The maximum Gasteiger partial charge on any atom is 0.357 e. The Labute approximate surface area is 161 Å². The molecule has 0 bridgehead atoms.